The second-order valence-electron chi connectivity index (χ2n) is 3.19. The van der Waals surface area contributed by atoms with Crippen LogP contribution in [0.1, 0.15) is 16.8 Å². The van der Waals surface area contributed by atoms with E-state index in [1.54, 1.807) is 12.1 Å². The summed E-state index contributed by atoms with van der Waals surface area (Å²) in [6.45, 7) is 0. The molecular weight excluding hydrogens is 220 g/mol. The molecule has 4 heteroatoms. The van der Waals surface area contributed by atoms with Crippen LogP contribution >= 0.6 is 0 Å². The first-order valence-electron chi connectivity index (χ1n) is 4.95. The van der Waals surface area contributed by atoms with Crippen LogP contribution in [0.15, 0.2) is 12.1 Å². The van der Waals surface area contributed by atoms with E-state index in [1.807, 2.05) is 0 Å². The Hall–Kier alpha value is -2.15. The summed E-state index contributed by atoms with van der Waals surface area (Å²) >= 11 is 0. The molecule has 0 amide bonds. The highest BCUT2D eigenvalue weighted by atomic mass is 16.5. The molecule has 0 saturated heterocycles. The van der Waals surface area contributed by atoms with Crippen molar-refractivity contribution in [1.82, 2.24) is 0 Å². The Labute approximate surface area is 100 Å². The summed E-state index contributed by atoms with van der Waals surface area (Å²) in [6.07, 6.45) is 5.14. The van der Waals surface area contributed by atoms with Crippen molar-refractivity contribution in [2.45, 2.75) is 6.42 Å². The van der Waals surface area contributed by atoms with E-state index in [2.05, 4.69) is 5.92 Å². The average molecular weight is 234 g/mol. The van der Waals surface area contributed by atoms with Crippen LogP contribution in [0, 0.1) is 12.3 Å². The standard InChI is InChI=1S/C13H14O4/c1-5-6-10(14)9-7-8-11(15-2)13(17-4)12(9)16-3/h1,7-8H,6H2,2-4H3. The zero-order chi connectivity index (χ0) is 12.8. The van der Waals surface area contributed by atoms with E-state index in [0.29, 0.717) is 22.8 Å². The van der Waals surface area contributed by atoms with Crippen LogP contribution in [0.3, 0.4) is 0 Å². The minimum Gasteiger partial charge on any atom is -0.493 e. The van der Waals surface area contributed by atoms with Gasteiger partial charge in [-0.3, -0.25) is 4.79 Å². The van der Waals surface area contributed by atoms with Crippen molar-refractivity contribution >= 4 is 5.78 Å². The number of ketones is 1. The number of methoxy groups -OCH3 is 3. The molecule has 0 spiro atoms. The predicted octanol–water partition coefficient (Wildman–Crippen LogP) is 1.92. The number of hydrogen-bond acceptors (Lipinski definition) is 4. The van der Waals surface area contributed by atoms with Gasteiger partial charge in [-0.05, 0) is 12.1 Å². The maximum absolute atomic E-state index is 11.8. The van der Waals surface area contributed by atoms with E-state index in [-0.39, 0.29) is 12.2 Å². The van der Waals surface area contributed by atoms with E-state index < -0.39 is 0 Å². The Bertz CT molecular complexity index is 457. The molecule has 1 aromatic carbocycles. The molecule has 0 bridgehead atoms. The maximum atomic E-state index is 11.8. The van der Waals surface area contributed by atoms with Gasteiger partial charge < -0.3 is 14.2 Å². The molecule has 0 N–H and O–H groups in total. The summed E-state index contributed by atoms with van der Waals surface area (Å²) < 4.78 is 15.5. The largest absolute Gasteiger partial charge is 0.493 e. The van der Waals surface area contributed by atoms with Gasteiger partial charge in [-0.2, -0.15) is 0 Å². The number of carbonyl (C=O) groups is 1. The van der Waals surface area contributed by atoms with Gasteiger partial charge >= 0.3 is 0 Å². The van der Waals surface area contributed by atoms with Crippen molar-refractivity contribution in [3.8, 4) is 29.6 Å². The van der Waals surface area contributed by atoms with Gasteiger partial charge in [-0.1, -0.05) is 5.92 Å². The fraction of sp³-hybridized carbons (Fsp3) is 0.308. The molecule has 90 valence electrons. The molecule has 0 fully saturated rings. The summed E-state index contributed by atoms with van der Waals surface area (Å²) in [5.41, 5.74) is 0.392. The second kappa shape index (κ2) is 5.80. The molecule has 1 aromatic rings. The average Bonchev–Trinajstić information content (AvgIpc) is 2.36. The minimum absolute atomic E-state index is 0.0197. The van der Waals surface area contributed by atoms with Crippen molar-refractivity contribution in [3.63, 3.8) is 0 Å². The van der Waals surface area contributed by atoms with Crippen molar-refractivity contribution in [1.29, 1.82) is 0 Å². The zero-order valence-corrected chi connectivity index (χ0v) is 10.1. The van der Waals surface area contributed by atoms with E-state index in [1.165, 1.54) is 21.3 Å². The molecule has 0 aliphatic rings. The molecule has 0 atom stereocenters. The third-order valence-electron chi connectivity index (χ3n) is 2.27. The molecule has 0 unspecified atom stereocenters. The number of Topliss-reactive ketones (excluding diaryl/α,β-unsaturated/α-hetero) is 1. The minimum atomic E-state index is -0.190. The summed E-state index contributed by atoms with van der Waals surface area (Å²) in [7, 11) is 4.46. The van der Waals surface area contributed by atoms with E-state index >= 15 is 0 Å². The Morgan fingerprint density at radius 2 is 1.82 bits per heavy atom. The fourth-order valence-electron chi connectivity index (χ4n) is 1.51. The van der Waals surface area contributed by atoms with E-state index in [4.69, 9.17) is 20.6 Å². The smallest absolute Gasteiger partial charge is 0.204 e. The first kappa shape index (κ1) is 12.9. The molecule has 0 radical (unpaired) electrons. The molecule has 0 aliphatic heterocycles. The first-order valence-corrected chi connectivity index (χ1v) is 4.95. The molecular formula is C13H14O4. The van der Waals surface area contributed by atoms with Gasteiger partial charge in [0.1, 0.15) is 0 Å². The normalized spacial score (nSPS) is 9.29. The van der Waals surface area contributed by atoms with E-state index in [9.17, 15) is 4.79 Å². The highest BCUT2D eigenvalue weighted by Gasteiger charge is 2.19. The van der Waals surface area contributed by atoms with Gasteiger partial charge in [0.05, 0.1) is 33.3 Å². The van der Waals surface area contributed by atoms with Gasteiger partial charge in [-0.15, -0.1) is 6.42 Å². The van der Waals surface area contributed by atoms with Gasteiger partial charge in [0.2, 0.25) is 5.75 Å². The Morgan fingerprint density at radius 1 is 1.18 bits per heavy atom. The van der Waals surface area contributed by atoms with Crippen LogP contribution in [0.2, 0.25) is 0 Å². The van der Waals surface area contributed by atoms with Crippen LogP contribution in [0.25, 0.3) is 0 Å². The Morgan fingerprint density at radius 3 is 2.29 bits per heavy atom. The Kier molecular flexibility index (Phi) is 4.41. The van der Waals surface area contributed by atoms with Crippen LogP contribution in [0.5, 0.6) is 17.2 Å². The van der Waals surface area contributed by atoms with Crippen molar-refractivity contribution in [2.24, 2.45) is 0 Å². The maximum Gasteiger partial charge on any atom is 0.204 e. The van der Waals surface area contributed by atoms with Crippen LogP contribution in [0.4, 0.5) is 0 Å². The lowest BCUT2D eigenvalue weighted by molar-refractivity contribution is 0.0994. The molecule has 0 heterocycles. The predicted molar refractivity (Wildman–Crippen MR) is 63.9 cm³/mol. The highest BCUT2D eigenvalue weighted by Crippen LogP contribution is 2.40. The second-order valence-corrected chi connectivity index (χ2v) is 3.19. The highest BCUT2D eigenvalue weighted by molar-refractivity contribution is 6.01. The molecule has 17 heavy (non-hydrogen) atoms. The lowest BCUT2D eigenvalue weighted by atomic mass is 10.1. The monoisotopic (exact) mass is 234 g/mol. The lowest BCUT2D eigenvalue weighted by Gasteiger charge is -2.14. The number of benzene rings is 1. The third kappa shape index (κ3) is 2.51. The first-order chi connectivity index (χ1) is 8.19. The SMILES string of the molecule is C#CCC(=O)c1ccc(OC)c(OC)c1OC. The summed E-state index contributed by atoms with van der Waals surface area (Å²) in [5.74, 6) is 3.34. The molecule has 0 aromatic heterocycles. The van der Waals surface area contributed by atoms with Crippen LogP contribution < -0.4 is 14.2 Å². The summed E-state index contributed by atoms with van der Waals surface area (Å²) in [4.78, 5) is 11.8. The van der Waals surface area contributed by atoms with E-state index in [0.717, 1.165) is 0 Å². The van der Waals surface area contributed by atoms with Gasteiger partial charge in [0.25, 0.3) is 0 Å². The van der Waals surface area contributed by atoms with Gasteiger partial charge in [0.15, 0.2) is 17.3 Å². The van der Waals surface area contributed by atoms with Gasteiger partial charge in [0, 0.05) is 0 Å². The summed E-state index contributed by atoms with van der Waals surface area (Å²) in [5, 5.41) is 0. The van der Waals surface area contributed by atoms with Crippen molar-refractivity contribution in [3.05, 3.63) is 17.7 Å². The fourth-order valence-corrected chi connectivity index (χ4v) is 1.51. The number of carbonyl (C=O) groups excluding carboxylic acids is 1. The quantitative estimate of drug-likeness (QED) is 0.576. The molecule has 1 rings (SSSR count). The molecule has 4 nitrogen and oxygen atoms in total. The van der Waals surface area contributed by atoms with Crippen LogP contribution in [-0.4, -0.2) is 27.1 Å². The van der Waals surface area contributed by atoms with Crippen LogP contribution in [-0.2, 0) is 0 Å². The number of terminal acetylenes is 1. The third-order valence-corrected chi connectivity index (χ3v) is 2.27. The topological polar surface area (TPSA) is 44.8 Å². The molecule has 0 aliphatic carbocycles. The van der Waals surface area contributed by atoms with Crippen molar-refractivity contribution < 1.29 is 19.0 Å². The van der Waals surface area contributed by atoms with Gasteiger partial charge in [-0.25, -0.2) is 0 Å². The number of ether oxygens (including phenoxy) is 3. The number of hydrogen-bond donors (Lipinski definition) is 0. The van der Waals surface area contributed by atoms with Crippen molar-refractivity contribution in [2.75, 3.05) is 21.3 Å². The Balaban J connectivity index is 3.33. The zero-order valence-electron chi connectivity index (χ0n) is 10.1. The summed E-state index contributed by atoms with van der Waals surface area (Å²) in [6, 6.07) is 3.25. The molecule has 0 saturated carbocycles. The number of rotatable bonds is 5. The lowest BCUT2D eigenvalue weighted by Crippen LogP contribution is -2.04.